The average molecular weight is 239 g/mol. The third kappa shape index (κ3) is 2.41. The Morgan fingerprint density at radius 1 is 1.59 bits per heavy atom. The number of nitro groups is 1. The fourth-order valence-electron chi connectivity index (χ4n) is 1.81. The van der Waals surface area contributed by atoms with Gasteiger partial charge < -0.3 is 16.2 Å². The van der Waals surface area contributed by atoms with Gasteiger partial charge >= 0.3 is 5.69 Å². The van der Waals surface area contributed by atoms with E-state index in [9.17, 15) is 10.1 Å². The van der Waals surface area contributed by atoms with E-state index in [1.54, 1.807) is 0 Å². The second-order valence-electron chi connectivity index (χ2n) is 4.09. The zero-order chi connectivity index (χ0) is 12.4. The number of aromatic nitrogens is 2. The number of nitrogens with one attached hydrogen (secondary N) is 1. The highest BCUT2D eigenvalue weighted by atomic mass is 16.6. The summed E-state index contributed by atoms with van der Waals surface area (Å²) >= 11 is 0. The molecule has 0 amide bonds. The lowest BCUT2D eigenvalue weighted by atomic mass is 9.82. The Labute approximate surface area is 97.0 Å². The molecule has 0 aliphatic heterocycles. The van der Waals surface area contributed by atoms with Crippen molar-refractivity contribution in [2.24, 2.45) is 5.92 Å². The summed E-state index contributed by atoms with van der Waals surface area (Å²) in [7, 11) is 0. The molecular weight excluding hydrogens is 226 g/mol. The molecule has 1 aromatic heterocycles. The molecule has 1 aliphatic rings. The minimum absolute atomic E-state index is 0.129. The van der Waals surface area contributed by atoms with Gasteiger partial charge in [0, 0.05) is 6.54 Å². The topological polar surface area (TPSA) is 127 Å². The van der Waals surface area contributed by atoms with E-state index in [0.29, 0.717) is 25.3 Å². The Bertz CT molecular complexity index is 433. The van der Waals surface area contributed by atoms with Crippen LogP contribution in [0.5, 0.6) is 0 Å². The van der Waals surface area contributed by atoms with E-state index >= 15 is 0 Å². The number of nitrogen functional groups attached to an aromatic ring is 1. The van der Waals surface area contributed by atoms with E-state index in [4.69, 9.17) is 10.8 Å². The predicted molar refractivity (Wildman–Crippen MR) is 60.3 cm³/mol. The van der Waals surface area contributed by atoms with Gasteiger partial charge in [0.1, 0.15) is 6.33 Å². The molecule has 1 heterocycles. The van der Waals surface area contributed by atoms with Gasteiger partial charge in [0.05, 0.1) is 11.0 Å². The maximum Gasteiger partial charge on any atom is 0.352 e. The van der Waals surface area contributed by atoms with Gasteiger partial charge in [0.2, 0.25) is 11.6 Å². The van der Waals surface area contributed by atoms with Crippen LogP contribution in [0.3, 0.4) is 0 Å². The van der Waals surface area contributed by atoms with Crippen molar-refractivity contribution in [2.75, 3.05) is 17.6 Å². The van der Waals surface area contributed by atoms with Crippen LogP contribution in [0.2, 0.25) is 0 Å². The number of nitrogens with two attached hydrogens (primary N) is 1. The number of aliphatic hydroxyl groups excluding tert-OH is 1. The first-order valence-electron chi connectivity index (χ1n) is 5.24. The Morgan fingerprint density at radius 2 is 2.29 bits per heavy atom. The molecule has 0 radical (unpaired) electrons. The zero-order valence-electron chi connectivity index (χ0n) is 9.04. The molecule has 0 spiro atoms. The lowest BCUT2D eigenvalue weighted by Crippen LogP contribution is -2.33. The number of hydrogen-bond donors (Lipinski definition) is 3. The SMILES string of the molecule is Nc1ncnc(NCC2CC(O)C2)c1[N+](=O)[O-]. The van der Waals surface area contributed by atoms with Gasteiger partial charge in [-0.05, 0) is 18.8 Å². The first-order valence-corrected chi connectivity index (χ1v) is 5.24. The summed E-state index contributed by atoms with van der Waals surface area (Å²) < 4.78 is 0. The van der Waals surface area contributed by atoms with Crippen LogP contribution < -0.4 is 11.1 Å². The van der Waals surface area contributed by atoms with Gasteiger partial charge in [-0.3, -0.25) is 10.1 Å². The molecule has 92 valence electrons. The summed E-state index contributed by atoms with van der Waals surface area (Å²) in [6, 6.07) is 0. The number of hydrogen-bond acceptors (Lipinski definition) is 7. The lowest BCUT2D eigenvalue weighted by molar-refractivity contribution is -0.383. The van der Waals surface area contributed by atoms with Crippen molar-refractivity contribution < 1.29 is 10.0 Å². The smallest absolute Gasteiger partial charge is 0.352 e. The van der Waals surface area contributed by atoms with Gasteiger partial charge in [-0.25, -0.2) is 9.97 Å². The molecule has 1 fully saturated rings. The standard InChI is InChI=1S/C9H13N5O3/c10-8-7(14(16)17)9(13-4-12-8)11-3-5-1-6(15)2-5/h4-6,15H,1-3H2,(H3,10,11,12,13). The van der Waals surface area contributed by atoms with Gasteiger partial charge in [-0.2, -0.15) is 0 Å². The molecule has 17 heavy (non-hydrogen) atoms. The summed E-state index contributed by atoms with van der Waals surface area (Å²) in [5.41, 5.74) is 5.13. The van der Waals surface area contributed by atoms with E-state index in [2.05, 4.69) is 15.3 Å². The molecule has 1 aliphatic carbocycles. The second-order valence-corrected chi connectivity index (χ2v) is 4.09. The van der Waals surface area contributed by atoms with Crippen LogP contribution in [0.25, 0.3) is 0 Å². The molecule has 4 N–H and O–H groups in total. The van der Waals surface area contributed by atoms with Crippen molar-refractivity contribution in [2.45, 2.75) is 18.9 Å². The fourth-order valence-corrected chi connectivity index (χ4v) is 1.81. The Morgan fingerprint density at radius 3 is 2.88 bits per heavy atom. The Balaban J connectivity index is 2.05. The van der Waals surface area contributed by atoms with Crippen molar-refractivity contribution in [1.29, 1.82) is 0 Å². The van der Waals surface area contributed by atoms with Gasteiger partial charge in [-0.15, -0.1) is 0 Å². The normalized spacial score (nSPS) is 22.9. The molecule has 8 nitrogen and oxygen atoms in total. The van der Waals surface area contributed by atoms with Crippen LogP contribution in [-0.2, 0) is 0 Å². The lowest BCUT2D eigenvalue weighted by Gasteiger charge is -2.31. The van der Waals surface area contributed by atoms with E-state index < -0.39 is 4.92 Å². The zero-order valence-corrected chi connectivity index (χ0v) is 9.04. The van der Waals surface area contributed by atoms with Crippen molar-refractivity contribution >= 4 is 17.3 Å². The van der Waals surface area contributed by atoms with Crippen LogP contribution in [0, 0.1) is 16.0 Å². The quantitative estimate of drug-likeness (QED) is 0.504. The van der Waals surface area contributed by atoms with Gasteiger partial charge in [-0.1, -0.05) is 0 Å². The first kappa shape index (κ1) is 11.5. The van der Waals surface area contributed by atoms with Crippen LogP contribution in [0.15, 0.2) is 6.33 Å². The molecule has 2 rings (SSSR count). The maximum absolute atomic E-state index is 10.8. The largest absolute Gasteiger partial charge is 0.393 e. The third-order valence-corrected chi connectivity index (χ3v) is 2.80. The molecule has 8 heteroatoms. The summed E-state index contributed by atoms with van der Waals surface area (Å²) in [4.78, 5) is 17.6. The van der Waals surface area contributed by atoms with Crippen molar-refractivity contribution in [1.82, 2.24) is 9.97 Å². The number of nitrogens with zero attached hydrogens (tertiary/aromatic N) is 3. The van der Waals surface area contributed by atoms with E-state index in [-0.39, 0.29) is 23.4 Å². The minimum Gasteiger partial charge on any atom is -0.393 e. The van der Waals surface area contributed by atoms with Crippen molar-refractivity contribution in [3.05, 3.63) is 16.4 Å². The van der Waals surface area contributed by atoms with Crippen LogP contribution in [-0.4, -0.2) is 32.6 Å². The summed E-state index contributed by atoms with van der Waals surface area (Å²) in [5, 5.41) is 22.8. The average Bonchev–Trinajstić information content (AvgIpc) is 2.22. The maximum atomic E-state index is 10.8. The predicted octanol–water partition coefficient (Wildman–Crippen LogP) is 0.150. The van der Waals surface area contributed by atoms with Gasteiger partial charge in [0.15, 0.2) is 0 Å². The highest BCUT2D eigenvalue weighted by Crippen LogP contribution is 2.30. The van der Waals surface area contributed by atoms with E-state index in [0.717, 1.165) is 0 Å². The molecule has 0 atom stereocenters. The third-order valence-electron chi connectivity index (χ3n) is 2.80. The number of aliphatic hydroxyl groups is 1. The Kier molecular flexibility index (Phi) is 3.05. The molecule has 1 aromatic rings. The monoisotopic (exact) mass is 239 g/mol. The highest BCUT2D eigenvalue weighted by molar-refractivity contribution is 5.67. The fraction of sp³-hybridized carbons (Fsp3) is 0.556. The van der Waals surface area contributed by atoms with Gasteiger partial charge in [0.25, 0.3) is 0 Å². The highest BCUT2D eigenvalue weighted by Gasteiger charge is 2.28. The number of anilines is 2. The molecule has 1 saturated carbocycles. The second kappa shape index (κ2) is 4.50. The van der Waals surface area contributed by atoms with Crippen LogP contribution in [0.4, 0.5) is 17.3 Å². The molecule has 0 aromatic carbocycles. The van der Waals surface area contributed by atoms with Crippen LogP contribution in [0.1, 0.15) is 12.8 Å². The van der Waals surface area contributed by atoms with Crippen molar-refractivity contribution in [3.8, 4) is 0 Å². The summed E-state index contributed by atoms with van der Waals surface area (Å²) in [6.07, 6.45) is 2.36. The summed E-state index contributed by atoms with van der Waals surface area (Å²) in [5.74, 6) is 0.297. The van der Waals surface area contributed by atoms with Crippen LogP contribution >= 0.6 is 0 Å². The molecule has 0 bridgehead atoms. The van der Waals surface area contributed by atoms with E-state index in [1.165, 1.54) is 6.33 Å². The van der Waals surface area contributed by atoms with Crippen molar-refractivity contribution in [3.63, 3.8) is 0 Å². The minimum atomic E-state index is -0.604. The Hall–Kier alpha value is -1.96. The molecule has 0 saturated heterocycles. The molecule has 0 unspecified atom stereocenters. The molecular formula is C9H13N5O3. The van der Waals surface area contributed by atoms with E-state index in [1.807, 2.05) is 0 Å². The first-order chi connectivity index (χ1) is 8.08. The summed E-state index contributed by atoms with van der Waals surface area (Å²) in [6.45, 7) is 0.536. The number of rotatable bonds is 4.